The van der Waals surface area contributed by atoms with Crippen LogP contribution in [-0.2, 0) is 23.9 Å². The van der Waals surface area contributed by atoms with Gasteiger partial charge in [-0.15, -0.1) is 0 Å². The van der Waals surface area contributed by atoms with Gasteiger partial charge in [0.2, 0.25) is 11.8 Å². The van der Waals surface area contributed by atoms with E-state index in [-0.39, 0.29) is 55.1 Å². The van der Waals surface area contributed by atoms with Crippen LogP contribution in [0.25, 0.3) is 33.6 Å². The topological polar surface area (TPSA) is 163 Å². The molecule has 2 atom stereocenters. The molecule has 0 aliphatic carbocycles. The van der Waals surface area contributed by atoms with E-state index in [1.807, 2.05) is 90.1 Å². The fraction of sp³-hybridized carbons (Fsp3) is 0.405. The maximum absolute atomic E-state index is 13.0. The number of nitrogens with zero attached hydrogens (tertiary/aromatic N) is 4. The summed E-state index contributed by atoms with van der Waals surface area (Å²) in [4.78, 5) is 66.6. The molecule has 266 valence electrons. The number of carbonyl (C=O) groups excluding carboxylic acids is 4. The van der Waals surface area contributed by atoms with Crippen LogP contribution in [0.2, 0.25) is 0 Å². The number of amides is 3. The Morgan fingerprint density at radius 2 is 1.10 bits per heavy atom. The van der Waals surface area contributed by atoms with Crippen LogP contribution < -0.4 is 5.43 Å². The number of H-pyrrole nitrogens is 2. The van der Waals surface area contributed by atoms with Gasteiger partial charge in [0.25, 0.3) is 0 Å². The first-order valence-corrected chi connectivity index (χ1v) is 16.6. The van der Waals surface area contributed by atoms with Gasteiger partial charge in [-0.3, -0.25) is 14.4 Å². The van der Waals surface area contributed by atoms with E-state index in [1.165, 1.54) is 24.1 Å². The summed E-state index contributed by atoms with van der Waals surface area (Å²) in [6.07, 6.45) is 3.19. The van der Waals surface area contributed by atoms with Gasteiger partial charge in [0, 0.05) is 36.8 Å². The van der Waals surface area contributed by atoms with E-state index < -0.39 is 12.1 Å². The minimum atomic E-state index is -0.698. The van der Waals surface area contributed by atoms with Gasteiger partial charge in [-0.05, 0) is 49.9 Å². The lowest BCUT2D eigenvalue weighted by atomic mass is 10.0. The molecule has 0 bridgehead atoms. The maximum atomic E-state index is 13.0. The number of imidazole rings is 2. The predicted octanol–water partition coefficient (Wildman–Crippen LogP) is 6.04. The third kappa shape index (κ3) is 9.36. The molecule has 13 heteroatoms. The van der Waals surface area contributed by atoms with Gasteiger partial charge in [0.05, 0.1) is 38.0 Å². The lowest BCUT2D eigenvalue weighted by Gasteiger charge is -2.27. The van der Waals surface area contributed by atoms with Crippen LogP contribution in [-0.4, -0.2) is 86.6 Å². The summed E-state index contributed by atoms with van der Waals surface area (Å²) in [5, 5.41) is 1.27. The fourth-order valence-electron chi connectivity index (χ4n) is 5.47. The van der Waals surface area contributed by atoms with Crippen LogP contribution in [0, 0.1) is 0 Å². The van der Waals surface area contributed by atoms with Gasteiger partial charge >= 0.3 is 12.1 Å². The van der Waals surface area contributed by atoms with Crippen molar-refractivity contribution in [3.05, 3.63) is 72.6 Å². The average Bonchev–Trinajstić information content (AvgIpc) is 3.80. The summed E-state index contributed by atoms with van der Waals surface area (Å²) in [6, 6.07) is 15.9. The molecule has 2 aromatic heterocycles. The second-order valence-electron chi connectivity index (χ2n) is 12.9. The highest BCUT2D eigenvalue weighted by Gasteiger charge is 2.25. The third-order valence-electron chi connectivity index (χ3n) is 8.46. The number of methoxy groups -OCH3 is 2. The summed E-state index contributed by atoms with van der Waals surface area (Å²) in [5.41, 5.74) is 8.17. The molecule has 0 unspecified atom stereocenters. The summed E-state index contributed by atoms with van der Waals surface area (Å²) < 4.78 is 9.38. The first-order valence-electron chi connectivity index (χ1n) is 16.6. The van der Waals surface area contributed by atoms with E-state index in [0.717, 1.165) is 33.6 Å². The van der Waals surface area contributed by atoms with Crippen molar-refractivity contribution in [1.29, 1.82) is 0 Å². The highest BCUT2D eigenvalue weighted by molar-refractivity contribution is 5.83. The number of benzene rings is 2. The van der Waals surface area contributed by atoms with E-state index in [0.29, 0.717) is 11.6 Å². The molecule has 3 N–H and O–H groups in total. The van der Waals surface area contributed by atoms with Crippen LogP contribution in [0.15, 0.2) is 60.9 Å². The van der Waals surface area contributed by atoms with Crippen LogP contribution >= 0.6 is 0 Å². The minimum Gasteiger partial charge on any atom is -0.468 e. The Balaban J connectivity index is 1.37. The van der Waals surface area contributed by atoms with Gasteiger partial charge in [-0.1, -0.05) is 62.4 Å². The Morgan fingerprint density at radius 3 is 1.50 bits per heavy atom. The Bertz CT molecular complexity index is 1630. The number of aromatic nitrogens is 4. The van der Waals surface area contributed by atoms with Gasteiger partial charge < -0.3 is 24.3 Å². The van der Waals surface area contributed by atoms with Crippen molar-refractivity contribution in [1.82, 2.24) is 35.3 Å². The highest BCUT2D eigenvalue weighted by atomic mass is 16.5. The summed E-state index contributed by atoms with van der Waals surface area (Å²) >= 11 is 0. The zero-order chi connectivity index (χ0) is 36.5. The molecule has 0 fully saturated rings. The number of nitrogens with one attached hydrogen (secondary N) is 3. The van der Waals surface area contributed by atoms with Crippen molar-refractivity contribution < 1.29 is 28.7 Å². The largest absolute Gasteiger partial charge is 0.468 e. The van der Waals surface area contributed by atoms with Crippen molar-refractivity contribution in [3.8, 4) is 33.6 Å². The zero-order valence-electron chi connectivity index (χ0n) is 29.9. The van der Waals surface area contributed by atoms with Crippen LogP contribution in [0.4, 0.5) is 4.79 Å². The number of hydrazine groups is 1. The van der Waals surface area contributed by atoms with Crippen molar-refractivity contribution in [2.75, 3.05) is 20.8 Å². The molecule has 0 aliphatic rings. The van der Waals surface area contributed by atoms with Crippen molar-refractivity contribution in [2.45, 2.75) is 78.3 Å². The monoisotopic (exact) mass is 685 g/mol. The second kappa shape index (κ2) is 16.8. The standard InChI is InChI=1S/C37H47N7O6/c1-22(2)43(21-34(47)49-7)32(45)17-24(5)35-38-19-30(40-35)28-13-9-26(10-14-28)27-11-15-29(16-12-27)31-20-39-36(41-31)25(6)18-33(46)44(23(3)4)42-37(48)50-8/h9-16,19-20,22-25H,17-18,21H2,1-8H3,(H,38,40)(H,39,41)(H,42,48)/t24-,25-/m1/s1. The van der Waals surface area contributed by atoms with Gasteiger partial charge in [-0.25, -0.2) is 25.2 Å². The molecule has 0 saturated carbocycles. The van der Waals surface area contributed by atoms with Crippen molar-refractivity contribution >= 4 is 23.9 Å². The molecule has 0 radical (unpaired) electrons. The average molecular weight is 686 g/mol. The predicted molar refractivity (Wildman–Crippen MR) is 189 cm³/mol. The molecule has 0 aliphatic heterocycles. The molecule has 13 nitrogen and oxygen atoms in total. The molecule has 3 amide bonds. The molecule has 2 aromatic carbocycles. The Hall–Kier alpha value is -5.46. The number of rotatable bonds is 13. The first kappa shape index (κ1) is 37.4. The smallest absolute Gasteiger partial charge is 0.425 e. The molecule has 4 aromatic rings. The van der Waals surface area contributed by atoms with Crippen LogP contribution in [0.3, 0.4) is 0 Å². The van der Waals surface area contributed by atoms with E-state index in [2.05, 4.69) is 30.1 Å². The number of hydrogen-bond donors (Lipinski definition) is 3. The number of esters is 1. The van der Waals surface area contributed by atoms with Crippen LogP contribution in [0.5, 0.6) is 0 Å². The third-order valence-corrected chi connectivity index (χ3v) is 8.46. The van der Waals surface area contributed by atoms with E-state index in [4.69, 9.17) is 4.74 Å². The molecular weight excluding hydrogens is 638 g/mol. The summed E-state index contributed by atoms with van der Waals surface area (Å²) in [6.45, 7) is 11.1. The quantitative estimate of drug-likeness (QED) is 0.113. The summed E-state index contributed by atoms with van der Waals surface area (Å²) in [7, 11) is 2.56. The molecule has 50 heavy (non-hydrogen) atoms. The van der Waals surface area contributed by atoms with Crippen LogP contribution in [0.1, 0.15) is 77.9 Å². The number of ether oxygens (including phenoxy) is 2. The minimum absolute atomic E-state index is 0.0808. The molecule has 0 spiro atoms. The molecule has 0 saturated heterocycles. The normalized spacial score (nSPS) is 12.4. The maximum Gasteiger partial charge on any atom is 0.425 e. The van der Waals surface area contributed by atoms with Gasteiger partial charge in [-0.2, -0.15) is 0 Å². The zero-order valence-corrected chi connectivity index (χ0v) is 29.9. The number of hydrogen-bond acceptors (Lipinski definition) is 8. The van der Waals surface area contributed by atoms with Gasteiger partial charge in [0.1, 0.15) is 18.2 Å². The van der Waals surface area contributed by atoms with Crippen molar-refractivity contribution in [3.63, 3.8) is 0 Å². The van der Waals surface area contributed by atoms with E-state index in [9.17, 15) is 19.2 Å². The summed E-state index contributed by atoms with van der Waals surface area (Å²) in [5.74, 6) is 0.169. The fourth-order valence-corrected chi connectivity index (χ4v) is 5.47. The highest BCUT2D eigenvalue weighted by Crippen LogP contribution is 2.29. The van der Waals surface area contributed by atoms with Gasteiger partial charge in [0.15, 0.2) is 0 Å². The number of aromatic amines is 2. The Kier molecular flexibility index (Phi) is 12.5. The Morgan fingerprint density at radius 1 is 0.660 bits per heavy atom. The molecular formula is C37H47N7O6. The lowest BCUT2D eigenvalue weighted by Crippen LogP contribution is -2.50. The Labute approximate surface area is 292 Å². The molecule has 2 heterocycles. The van der Waals surface area contributed by atoms with Crippen molar-refractivity contribution in [2.24, 2.45) is 0 Å². The lowest BCUT2D eigenvalue weighted by molar-refractivity contribution is -0.148. The SMILES string of the molecule is COC(=O)CN(C(=O)C[C@@H](C)c1ncc(-c2ccc(-c3ccc(-c4cnc([C@H](C)CC(=O)N(NC(=O)OC)C(C)C)[nH]4)cc3)cc2)[nH]1)C(C)C. The van der Waals surface area contributed by atoms with E-state index >= 15 is 0 Å². The first-order chi connectivity index (χ1) is 23.8. The second-order valence-corrected chi connectivity index (χ2v) is 12.9. The number of carbonyl (C=O) groups is 4. The van der Waals surface area contributed by atoms with E-state index in [1.54, 1.807) is 12.4 Å². The molecule has 4 rings (SSSR count).